The highest BCUT2D eigenvalue weighted by Gasteiger charge is 2.30. The summed E-state index contributed by atoms with van der Waals surface area (Å²) in [5.41, 5.74) is 8.30. The van der Waals surface area contributed by atoms with Gasteiger partial charge in [-0.2, -0.15) is 5.10 Å². The van der Waals surface area contributed by atoms with E-state index in [1.165, 1.54) is 6.20 Å². The van der Waals surface area contributed by atoms with E-state index in [1.807, 2.05) is 37.5 Å². The summed E-state index contributed by atoms with van der Waals surface area (Å²) in [7, 11) is 3.40. The molecule has 0 atom stereocenters. The molecule has 1 saturated carbocycles. The molecule has 1 fully saturated rings. The van der Waals surface area contributed by atoms with Gasteiger partial charge in [0.2, 0.25) is 5.91 Å². The zero-order valence-electron chi connectivity index (χ0n) is 16.7. The molecule has 9 nitrogen and oxygen atoms in total. The maximum atomic E-state index is 12.1. The number of carbonyl (C=O) groups is 2. The lowest BCUT2D eigenvalue weighted by Gasteiger charge is -2.16. The van der Waals surface area contributed by atoms with Crippen molar-refractivity contribution in [2.45, 2.75) is 12.8 Å². The lowest BCUT2D eigenvalue weighted by molar-refractivity contribution is -0.117. The van der Waals surface area contributed by atoms with Crippen LogP contribution in [-0.4, -0.2) is 33.7 Å². The predicted octanol–water partition coefficient (Wildman–Crippen LogP) is 2.68. The first-order valence-corrected chi connectivity index (χ1v) is 9.51. The van der Waals surface area contributed by atoms with Crippen molar-refractivity contribution in [1.82, 2.24) is 14.8 Å². The Balaban J connectivity index is 1.70. The second kappa shape index (κ2) is 7.86. The lowest BCUT2D eigenvalue weighted by atomic mass is 10.1. The molecule has 2 amide bonds. The Morgan fingerprint density at radius 2 is 2.03 bits per heavy atom. The monoisotopic (exact) mass is 406 g/mol. The molecular weight excluding hydrogens is 384 g/mol. The van der Waals surface area contributed by atoms with Gasteiger partial charge >= 0.3 is 0 Å². The van der Waals surface area contributed by atoms with Crippen LogP contribution >= 0.6 is 0 Å². The van der Waals surface area contributed by atoms with Gasteiger partial charge in [0.15, 0.2) is 5.75 Å². The summed E-state index contributed by atoms with van der Waals surface area (Å²) >= 11 is 0. The Hall–Kier alpha value is -3.88. The maximum absolute atomic E-state index is 12.1. The van der Waals surface area contributed by atoms with Crippen molar-refractivity contribution in [3.8, 4) is 17.0 Å². The van der Waals surface area contributed by atoms with E-state index in [1.54, 1.807) is 17.9 Å². The molecule has 2 heterocycles. The maximum Gasteiger partial charge on any atom is 0.252 e. The Labute approximate surface area is 173 Å². The van der Waals surface area contributed by atoms with E-state index in [0.717, 1.165) is 24.1 Å². The van der Waals surface area contributed by atoms with Crippen LogP contribution in [0.1, 0.15) is 23.2 Å². The number of hydrogen-bond donors (Lipinski definition) is 3. The summed E-state index contributed by atoms with van der Waals surface area (Å²) < 4.78 is 7.34. The summed E-state index contributed by atoms with van der Waals surface area (Å²) in [6.07, 6.45) is 4.96. The van der Waals surface area contributed by atoms with E-state index in [4.69, 9.17) is 10.5 Å². The van der Waals surface area contributed by atoms with Gasteiger partial charge in [0, 0.05) is 37.0 Å². The average Bonchev–Trinajstić information content (AvgIpc) is 3.49. The van der Waals surface area contributed by atoms with E-state index < -0.39 is 5.91 Å². The highest BCUT2D eigenvalue weighted by Crippen LogP contribution is 2.38. The Bertz CT molecular complexity index is 1120. The van der Waals surface area contributed by atoms with Gasteiger partial charge in [-0.25, -0.2) is 4.98 Å². The van der Waals surface area contributed by atoms with Crippen LogP contribution in [0, 0.1) is 5.92 Å². The predicted molar refractivity (Wildman–Crippen MR) is 113 cm³/mol. The number of primary amides is 1. The van der Waals surface area contributed by atoms with Crippen molar-refractivity contribution in [3.63, 3.8) is 0 Å². The molecule has 0 radical (unpaired) electrons. The standard InChI is InChI=1S/C21H22N6O3/c1-27-9-8-15(26-27)13-4-3-5-16(19(13)30-2)24-17-10-18(23-11-14(17)20(22)28)25-21(29)12-6-7-12/h3-5,8-12H,6-7H2,1-2H3,(H2,22,28)(H2,23,24,25,29). The van der Waals surface area contributed by atoms with Gasteiger partial charge < -0.3 is 21.1 Å². The Kier molecular flexibility index (Phi) is 5.09. The van der Waals surface area contributed by atoms with Gasteiger partial charge in [-0.15, -0.1) is 0 Å². The molecule has 0 unspecified atom stereocenters. The average molecular weight is 406 g/mol. The molecule has 154 valence electrons. The topological polar surface area (TPSA) is 124 Å². The summed E-state index contributed by atoms with van der Waals surface area (Å²) in [5.74, 6) is 0.236. The number of rotatable bonds is 7. The molecule has 3 aromatic rings. The van der Waals surface area contributed by atoms with Crippen molar-refractivity contribution >= 4 is 29.0 Å². The number of ether oxygens (including phenoxy) is 1. The molecule has 4 N–H and O–H groups in total. The van der Waals surface area contributed by atoms with Crippen LogP contribution in [-0.2, 0) is 11.8 Å². The quantitative estimate of drug-likeness (QED) is 0.554. The number of methoxy groups -OCH3 is 1. The third-order valence-electron chi connectivity index (χ3n) is 4.85. The third-order valence-corrected chi connectivity index (χ3v) is 4.85. The van der Waals surface area contributed by atoms with Crippen LogP contribution in [0.15, 0.2) is 42.7 Å². The second-order valence-electron chi connectivity index (χ2n) is 7.13. The Morgan fingerprint density at radius 1 is 1.23 bits per heavy atom. The van der Waals surface area contributed by atoms with E-state index in [9.17, 15) is 9.59 Å². The molecule has 1 aromatic carbocycles. The number of anilines is 3. The first kappa shape index (κ1) is 19.4. The Morgan fingerprint density at radius 3 is 2.67 bits per heavy atom. The van der Waals surface area contributed by atoms with Crippen molar-refractivity contribution in [3.05, 3.63) is 48.3 Å². The minimum atomic E-state index is -0.634. The first-order valence-electron chi connectivity index (χ1n) is 9.51. The number of pyridine rings is 1. The zero-order chi connectivity index (χ0) is 21.3. The van der Waals surface area contributed by atoms with Gasteiger partial charge in [0.05, 0.1) is 29.7 Å². The van der Waals surface area contributed by atoms with E-state index in [-0.39, 0.29) is 17.4 Å². The number of nitrogens with two attached hydrogens (primary N) is 1. The van der Waals surface area contributed by atoms with E-state index >= 15 is 0 Å². The van der Waals surface area contributed by atoms with Crippen LogP contribution < -0.4 is 21.1 Å². The van der Waals surface area contributed by atoms with Gasteiger partial charge in [0.1, 0.15) is 5.82 Å². The number of nitrogens with one attached hydrogen (secondary N) is 2. The number of para-hydroxylation sites is 1. The smallest absolute Gasteiger partial charge is 0.252 e. The van der Waals surface area contributed by atoms with Crippen LogP contribution in [0.4, 0.5) is 17.2 Å². The fourth-order valence-electron chi connectivity index (χ4n) is 3.16. The molecule has 2 aromatic heterocycles. The minimum Gasteiger partial charge on any atom is -0.494 e. The zero-order valence-corrected chi connectivity index (χ0v) is 16.7. The van der Waals surface area contributed by atoms with Crippen molar-refractivity contribution in [2.24, 2.45) is 18.7 Å². The van der Waals surface area contributed by atoms with Crippen LogP contribution in [0.3, 0.4) is 0 Å². The van der Waals surface area contributed by atoms with Gasteiger partial charge in [0.25, 0.3) is 5.91 Å². The fraction of sp³-hybridized carbons (Fsp3) is 0.238. The normalized spacial score (nSPS) is 13.0. The first-order chi connectivity index (χ1) is 14.5. The number of amides is 2. The van der Waals surface area contributed by atoms with Crippen molar-refractivity contribution in [2.75, 3.05) is 17.7 Å². The highest BCUT2D eigenvalue weighted by molar-refractivity contribution is 6.01. The molecule has 30 heavy (non-hydrogen) atoms. The molecular formula is C21H22N6O3. The molecule has 4 rings (SSSR count). The minimum absolute atomic E-state index is 0.0363. The van der Waals surface area contributed by atoms with Crippen LogP contribution in [0.25, 0.3) is 11.3 Å². The molecule has 0 spiro atoms. The second-order valence-corrected chi connectivity index (χ2v) is 7.13. The SMILES string of the molecule is COc1c(Nc2cc(NC(=O)C3CC3)ncc2C(N)=O)cccc1-c1ccn(C)n1. The molecule has 0 aliphatic heterocycles. The molecule has 0 bridgehead atoms. The highest BCUT2D eigenvalue weighted by atomic mass is 16.5. The number of carbonyl (C=O) groups excluding carboxylic acids is 2. The number of nitrogens with zero attached hydrogens (tertiary/aromatic N) is 3. The summed E-state index contributed by atoms with van der Waals surface area (Å²) in [6, 6.07) is 9.05. The van der Waals surface area contributed by atoms with Gasteiger partial charge in [-0.3, -0.25) is 14.3 Å². The lowest BCUT2D eigenvalue weighted by Crippen LogP contribution is -2.17. The third kappa shape index (κ3) is 3.95. The van der Waals surface area contributed by atoms with E-state index in [0.29, 0.717) is 22.9 Å². The van der Waals surface area contributed by atoms with Crippen LogP contribution in [0.5, 0.6) is 5.75 Å². The largest absolute Gasteiger partial charge is 0.494 e. The molecule has 0 saturated heterocycles. The number of aryl methyl sites for hydroxylation is 1. The number of benzene rings is 1. The molecule has 1 aliphatic carbocycles. The number of hydrogen-bond acceptors (Lipinski definition) is 6. The fourth-order valence-corrected chi connectivity index (χ4v) is 3.16. The summed E-state index contributed by atoms with van der Waals surface area (Å²) in [6.45, 7) is 0. The summed E-state index contributed by atoms with van der Waals surface area (Å²) in [5, 5.41) is 10.4. The number of aromatic nitrogens is 3. The van der Waals surface area contributed by atoms with Crippen molar-refractivity contribution in [1.29, 1.82) is 0 Å². The summed E-state index contributed by atoms with van der Waals surface area (Å²) in [4.78, 5) is 28.1. The molecule has 1 aliphatic rings. The molecule has 9 heteroatoms. The van der Waals surface area contributed by atoms with Gasteiger partial charge in [-0.1, -0.05) is 6.07 Å². The van der Waals surface area contributed by atoms with E-state index in [2.05, 4.69) is 20.7 Å². The van der Waals surface area contributed by atoms with Crippen molar-refractivity contribution < 1.29 is 14.3 Å². The van der Waals surface area contributed by atoms with Crippen LogP contribution in [0.2, 0.25) is 0 Å². The van der Waals surface area contributed by atoms with Gasteiger partial charge in [-0.05, 0) is 31.0 Å².